The first-order valence-electron chi connectivity index (χ1n) is 6.27. The number of aliphatic hydroxyl groups excluding tert-OH is 1. The zero-order valence-electron chi connectivity index (χ0n) is 10.0. The van der Waals surface area contributed by atoms with Gasteiger partial charge in [0.05, 0.1) is 0 Å². The van der Waals surface area contributed by atoms with E-state index in [1.54, 1.807) is 0 Å². The summed E-state index contributed by atoms with van der Waals surface area (Å²) in [5.74, 6) is 0.284. The van der Waals surface area contributed by atoms with E-state index in [2.05, 4.69) is 12.2 Å². The van der Waals surface area contributed by atoms with Crippen molar-refractivity contribution in [1.29, 1.82) is 0 Å². The molecule has 2 aliphatic rings. The lowest BCUT2D eigenvalue weighted by Crippen LogP contribution is -2.39. The highest BCUT2D eigenvalue weighted by atomic mass is 16.3. The molecule has 0 bridgehead atoms. The van der Waals surface area contributed by atoms with Gasteiger partial charge < -0.3 is 15.3 Å². The van der Waals surface area contributed by atoms with Crippen molar-refractivity contribution in [3.63, 3.8) is 0 Å². The SMILES string of the molecule is CC1(CCNC(=O)N2CCC(CO)C2)CC1. The Morgan fingerprint density at radius 3 is 2.88 bits per heavy atom. The Hall–Kier alpha value is -0.770. The Balaban J connectivity index is 1.64. The third kappa shape index (κ3) is 2.88. The zero-order valence-corrected chi connectivity index (χ0v) is 10.0. The van der Waals surface area contributed by atoms with Crippen molar-refractivity contribution in [2.45, 2.75) is 32.6 Å². The van der Waals surface area contributed by atoms with Crippen LogP contribution < -0.4 is 5.32 Å². The quantitative estimate of drug-likeness (QED) is 0.757. The highest BCUT2D eigenvalue weighted by Gasteiger charge is 2.36. The molecular weight excluding hydrogens is 204 g/mol. The monoisotopic (exact) mass is 226 g/mol. The van der Waals surface area contributed by atoms with Crippen LogP contribution >= 0.6 is 0 Å². The second kappa shape index (κ2) is 4.62. The van der Waals surface area contributed by atoms with Crippen LogP contribution in [0.15, 0.2) is 0 Å². The number of likely N-dealkylation sites (tertiary alicyclic amines) is 1. The molecule has 1 aliphatic heterocycles. The molecule has 1 saturated carbocycles. The number of urea groups is 1. The van der Waals surface area contributed by atoms with Crippen LogP contribution in [-0.2, 0) is 0 Å². The van der Waals surface area contributed by atoms with Crippen LogP contribution in [-0.4, -0.2) is 42.3 Å². The van der Waals surface area contributed by atoms with Gasteiger partial charge in [0, 0.05) is 32.2 Å². The van der Waals surface area contributed by atoms with Crippen molar-refractivity contribution in [2.24, 2.45) is 11.3 Å². The van der Waals surface area contributed by atoms with Crippen LogP contribution in [0.3, 0.4) is 0 Å². The molecule has 16 heavy (non-hydrogen) atoms. The van der Waals surface area contributed by atoms with Crippen molar-refractivity contribution < 1.29 is 9.90 Å². The van der Waals surface area contributed by atoms with E-state index >= 15 is 0 Å². The summed E-state index contributed by atoms with van der Waals surface area (Å²) < 4.78 is 0. The molecule has 0 spiro atoms. The largest absolute Gasteiger partial charge is 0.396 e. The molecule has 1 heterocycles. The molecule has 1 atom stereocenters. The molecule has 2 amide bonds. The molecular formula is C12H22N2O2. The highest BCUT2D eigenvalue weighted by molar-refractivity contribution is 5.74. The molecule has 0 aromatic heterocycles. The van der Waals surface area contributed by atoms with E-state index in [0.29, 0.717) is 12.0 Å². The molecule has 2 fully saturated rings. The molecule has 1 unspecified atom stereocenters. The van der Waals surface area contributed by atoms with Gasteiger partial charge in [-0.25, -0.2) is 4.79 Å². The summed E-state index contributed by atoms with van der Waals surface area (Å²) in [6.07, 6.45) is 4.63. The van der Waals surface area contributed by atoms with E-state index in [0.717, 1.165) is 25.9 Å². The Morgan fingerprint density at radius 2 is 2.31 bits per heavy atom. The van der Waals surface area contributed by atoms with Crippen LogP contribution in [0.1, 0.15) is 32.6 Å². The van der Waals surface area contributed by atoms with Crippen molar-refractivity contribution >= 4 is 6.03 Å². The van der Waals surface area contributed by atoms with E-state index in [9.17, 15) is 4.79 Å². The first kappa shape index (κ1) is 11.7. The molecule has 0 aromatic rings. The highest BCUT2D eigenvalue weighted by Crippen LogP contribution is 2.47. The standard InChI is InChI=1S/C12H22N2O2/c1-12(3-4-12)5-6-13-11(16)14-7-2-10(8-14)9-15/h10,15H,2-9H2,1H3,(H,13,16). The summed E-state index contributed by atoms with van der Waals surface area (Å²) in [4.78, 5) is 13.6. The zero-order chi connectivity index (χ0) is 11.6. The Morgan fingerprint density at radius 1 is 1.56 bits per heavy atom. The second-order valence-corrected chi connectivity index (χ2v) is 5.58. The van der Waals surface area contributed by atoms with E-state index in [1.807, 2.05) is 4.90 Å². The topological polar surface area (TPSA) is 52.6 Å². The predicted octanol–water partition coefficient (Wildman–Crippen LogP) is 1.20. The number of carbonyl (C=O) groups is 1. The average molecular weight is 226 g/mol. The van der Waals surface area contributed by atoms with Crippen molar-refractivity contribution in [3.8, 4) is 0 Å². The number of amides is 2. The van der Waals surface area contributed by atoms with Gasteiger partial charge in [-0.05, 0) is 31.1 Å². The smallest absolute Gasteiger partial charge is 0.317 e. The van der Waals surface area contributed by atoms with Crippen LogP contribution in [0.4, 0.5) is 4.79 Å². The second-order valence-electron chi connectivity index (χ2n) is 5.58. The summed E-state index contributed by atoms with van der Waals surface area (Å²) in [6.45, 7) is 4.75. The van der Waals surface area contributed by atoms with Crippen LogP contribution in [0.5, 0.6) is 0 Å². The van der Waals surface area contributed by atoms with Gasteiger partial charge in [-0.3, -0.25) is 0 Å². The number of rotatable bonds is 4. The maximum Gasteiger partial charge on any atom is 0.317 e. The van der Waals surface area contributed by atoms with Gasteiger partial charge in [0.1, 0.15) is 0 Å². The fourth-order valence-electron chi connectivity index (χ4n) is 2.21. The summed E-state index contributed by atoms with van der Waals surface area (Å²) in [6, 6.07) is 0.0419. The Kier molecular flexibility index (Phi) is 3.38. The van der Waals surface area contributed by atoms with E-state index in [1.165, 1.54) is 12.8 Å². The lowest BCUT2D eigenvalue weighted by atomic mass is 10.1. The van der Waals surface area contributed by atoms with Crippen LogP contribution in [0.2, 0.25) is 0 Å². The van der Waals surface area contributed by atoms with Crippen molar-refractivity contribution in [2.75, 3.05) is 26.2 Å². The fourth-order valence-corrected chi connectivity index (χ4v) is 2.21. The lowest BCUT2D eigenvalue weighted by Gasteiger charge is -2.18. The lowest BCUT2D eigenvalue weighted by molar-refractivity contribution is 0.197. The minimum absolute atomic E-state index is 0.0419. The molecule has 0 radical (unpaired) electrons. The number of nitrogens with one attached hydrogen (secondary N) is 1. The summed E-state index contributed by atoms with van der Waals surface area (Å²) in [7, 11) is 0. The molecule has 4 heteroatoms. The molecule has 1 saturated heterocycles. The maximum atomic E-state index is 11.7. The van der Waals surface area contributed by atoms with Crippen molar-refractivity contribution in [3.05, 3.63) is 0 Å². The number of aliphatic hydroxyl groups is 1. The fraction of sp³-hybridized carbons (Fsp3) is 0.917. The van der Waals surface area contributed by atoms with Gasteiger partial charge in [0.15, 0.2) is 0 Å². The minimum Gasteiger partial charge on any atom is -0.396 e. The Bertz CT molecular complexity index is 264. The molecule has 2 N–H and O–H groups in total. The van der Waals surface area contributed by atoms with E-state index in [4.69, 9.17) is 5.11 Å². The van der Waals surface area contributed by atoms with Gasteiger partial charge in [0.25, 0.3) is 0 Å². The average Bonchev–Trinajstić information content (AvgIpc) is 2.84. The van der Waals surface area contributed by atoms with E-state index < -0.39 is 0 Å². The normalized spacial score (nSPS) is 26.9. The summed E-state index contributed by atoms with van der Waals surface area (Å²) in [5, 5.41) is 12.0. The number of nitrogens with zero attached hydrogens (tertiary/aromatic N) is 1. The molecule has 92 valence electrons. The molecule has 2 rings (SSSR count). The summed E-state index contributed by atoms with van der Waals surface area (Å²) in [5.41, 5.74) is 0.506. The van der Waals surface area contributed by atoms with Crippen LogP contribution in [0.25, 0.3) is 0 Å². The third-order valence-corrected chi connectivity index (χ3v) is 3.94. The first-order valence-corrected chi connectivity index (χ1v) is 6.27. The summed E-state index contributed by atoms with van der Waals surface area (Å²) >= 11 is 0. The molecule has 0 aromatic carbocycles. The van der Waals surface area contributed by atoms with Crippen LogP contribution in [0, 0.1) is 11.3 Å². The predicted molar refractivity (Wildman–Crippen MR) is 62.1 cm³/mol. The van der Waals surface area contributed by atoms with E-state index in [-0.39, 0.29) is 18.6 Å². The van der Waals surface area contributed by atoms with Crippen molar-refractivity contribution in [1.82, 2.24) is 10.2 Å². The van der Waals surface area contributed by atoms with Gasteiger partial charge in [-0.1, -0.05) is 6.92 Å². The van der Waals surface area contributed by atoms with Gasteiger partial charge in [0.2, 0.25) is 0 Å². The third-order valence-electron chi connectivity index (χ3n) is 3.94. The molecule has 1 aliphatic carbocycles. The number of carbonyl (C=O) groups excluding carboxylic acids is 1. The number of hydrogen-bond acceptors (Lipinski definition) is 2. The molecule has 4 nitrogen and oxygen atoms in total. The Labute approximate surface area is 97.0 Å². The number of hydrogen-bond donors (Lipinski definition) is 2. The van der Waals surface area contributed by atoms with Gasteiger partial charge >= 0.3 is 6.03 Å². The minimum atomic E-state index is 0.0419. The first-order chi connectivity index (χ1) is 7.63. The van der Waals surface area contributed by atoms with Gasteiger partial charge in [-0.15, -0.1) is 0 Å². The van der Waals surface area contributed by atoms with Gasteiger partial charge in [-0.2, -0.15) is 0 Å². The maximum absolute atomic E-state index is 11.7.